The van der Waals surface area contributed by atoms with E-state index in [1.807, 2.05) is 0 Å². The number of hydrogen-bond acceptors (Lipinski definition) is 2. The van der Waals surface area contributed by atoms with Crippen molar-refractivity contribution in [2.75, 3.05) is 6.54 Å². The molecule has 3 nitrogen and oxygen atoms in total. The molecule has 0 bridgehead atoms. The average Bonchev–Trinajstić information content (AvgIpc) is 2.96. The van der Waals surface area contributed by atoms with Crippen molar-refractivity contribution in [2.24, 2.45) is 7.05 Å². The van der Waals surface area contributed by atoms with Crippen LogP contribution in [0.25, 0.3) is 0 Å². The minimum absolute atomic E-state index is 0.558. The van der Waals surface area contributed by atoms with Crippen molar-refractivity contribution in [1.82, 2.24) is 15.1 Å². The average molecular weight is 219 g/mol. The Hall–Kier alpha value is -0.830. The number of hydrogen-bond donors (Lipinski definition) is 1. The first-order valence-electron chi connectivity index (χ1n) is 6.61. The van der Waals surface area contributed by atoms with Gasteiger partial charge in [0.2, 0.25) is 0 Å². The molecule has 3 rings (SSSR count). The second kappa shape index (κ2) is 4.21. The highest BCUT2D eigenvalue weighted by Crippen LogP contribution is 2.38. The van der Waals surface area contributed by atoms with E-state index in [1.54, 1.807) is 0 Å². The quantitative estimate of drug-likeness (QED) is 0.828. The summed E-state index contributed by atoms with van der Waals surface area (Å²) < 4.78 is 2.09. The highest BCUT2D eigenvalue weighted by atomic mass is 15.3. The number of nitrogens with zero attached hydrogens (tertiary/aromatic N) is 2. The lowest BCUT2D eigenvalue weighted by molar-refractivity contribution is 0.560. The Kier molecular flexibility index (Phi) is 2.72. The van der Waals surface area contributed by atoms with Crippen LogP contribution >= 0.6 is 0 Å². The van der Waals surface area contributed by atoms with Gasteiger partial charge in [-0.2, -0.15) is 5.10 Å². The van der Waals surface area contributed by atoms with Crippen LogP contribution in [0.4, 0.5) is 0 Å². The highest BCUT2D eigenvalue weighted by molar-refractivity contribution is 5.27. The molecule has 1 aliphatic heterocycles. The minimum atomic E-state index is 0.558. The second-order valence-electron chi connectivity index (χ2n) is 5.24. The summed E-state index contributed by atoms with van der Waals surface area (Å²) in [5.41, 5.74) is 2.99. The largest absolute Gasteiger partial charge is 0.309 e. The van der Waals surface area contributed by atoms with Crippen LogP contribution in [0.15, 0.2) is 6.20 Å². The number of aromatic nitrogens is 2. The molecule has 88 valence electrons. The van der Waals surface area contributed by atoms with Gasteiger partial charge in [0.15, 0.2) is 0 Å². The molecule has 0 radical (unpaired) electrons. The molecule has 1 saturated carbocycles. The molecule has 3 heteroatoms. The molecule has 0 aromatic carbocycles. The van der Waals surface area contributed by atoms with Gasteiger partial charge in [-0.3, -0.25) is 4.68 Å². The third kappa shape index (κ3) is 1.67. The Morgan fingerprint density at radius 3 is 2.75 bits per heavy atom. The standard InChI is InChI=1S/C13H21N3/c1-16-13(12-7-4-8-14-12)11(9-15-16)10-5-2-3-6-10/h9-10,12,14H,2-8H2,1H3. The summed E-state index contributed by atoms with van der Waals surface area (Å²) in [6.07, 6.45) is 10.2. The van der Waals surface area contributed by atoms with Crippen molar-refractivity contribution in [3.63, 3.8) is 0 Å². The summed E-state index contributed by atoms with van der Waals surface area (Å²) in [4.78, 5) is 0. The normalized spacial score (nSPS) is 26.7. The molecule has 1 saturated heterocycles. The van der Waals surface area contributed by atoms with Crippen molar-refractivity contribution >= 4 is 0 Å². The molecule has 1 unspecified atom stereocenters. The lowest BCUT2D eigenvalue weighted by Gasteiger charge is -2.16. The molecule has 0 amide bonds. The van der Waals surface area contributed by atoms with Gasteiger partial charge in [-0.1, -0.05) is 12.8 Å². The fourth-order valence-electron chi connectivity index (χ4n) is 3.36. The molecule has 1 atom stereocenters. The predicted octanol–water partition coefficient (Wildman–Crippen LogP) is 2.50. The maximum Gasteiger partial charge on any atom is 0.0585 e. The van der Waals surface area contributed by atoms with E-state index in [1.165, 1.54) is 56.3 Å². The molecule has 2 aliphatic rings. The van der Waals surface area contributed by atoms with Crippen molar-refractivity contribution in [3.8, 4) is 0 Å². The molecule has 16 heavy (non-hydrogen) atoms. The summed E-state index contributed by atoms with van der Waals surface area (Å²) in [6, 6.07) is 0.558. The number of rotatable bonds is 2. The Balaban J connectivity index is 1.91. The van der Waals surface area contributed by atoms with Crippen LogP contribution in [-0.4, -0.2) is 16.3 Å². The third-order valence-corrected chi connectivity index (χ3v) is 4.20. The first kappa shape index (κ1) is 10.3. The van der Waals surface area contributed by atoms with Crippen molar-refractivity contribution < 1.29 is 0 Å². The zero-order valence-electron chi connectivity index (χ0n) is 10.1. The van der Waals surface area contributed by atoms with Crippen LogP contribution < -0.4 is 5.32 Å². The number of nitrogens with one attached hydrogen (secondary N) is 1. The van der Waals surface area contributed by atoms with E-state index in [4.69, 9.17) is 0 Å². The van der Waals surface area contributed by atoms with E-state index in [9.17, 15) is 0 Å². The summed E-state index contributed by atoms with van der Waals surface area (Å²) in [5, 5.41) is 8.09. The topological polar surface area (TPSA) is 29.9 Å². The van der Waals surface area contributed by atoms with Crippen molar-refractivity contribution in [2.45, 2.75) is 50.5 Å². The predicted molar refractivity (Wildman–Crippen MR) is 64.4 cm³/mol. The monoisotopic (exact) mass is 219 g/mol. The second-order valence-corrected chi connectivity index (χ2v) is 5.24. The van der Waals surface area contributed by atoms with Crippen LogP contribution in [0.2, 0.25) is 0 Å². The Labute approximate surface area is 97.2 Å². The van der Waals surface area contributed by atoms with Gasteiger partial charge in [0.25, 0.3) is 0 Å². The molecule has 1 aromatic rings. The zero-order valence-corrected chi connectivity index (χ0v) is 10.1. The maximum atomic E-state index is 4.48. The summed E-state index contributed by atoms with van der Waals surface area (Å²) in [7, 11) is 2.09. The van der Waals surface area contributed by atoms with Crippen LogP contribution in [0.1, 0.15) is 61.7 Å². The Morgan fingerprint density at radius 2 is 2.06 bits per heavy atom. The molecular weight excluding hydrogens is 198 g/mol. The first-order valence-corrected chi connectivity index (χ1v) is 6.61. The molecule has 1 aromatic heterocycles. The first-order chi connectivity index (χ1) is 7.86. The highest BCUT2D eigenvalue weighted by Gasteiger charge is 2.28. The zero-order chi connectivity index (χ0) is 11.0. The molecule has 2 fully saturated rings. The van der Waals surface area contributed by atoms with Gasteiger partial charge < -0.3 is 5.32 Å². The van der Waals surface area contributed by atoms with E-state index in [0.717, 1.165) is 5.92 Å². The smallest absolute Gasteiger partial charge is 0.0585 e. The Bertz CT molecular complexity index is 357. The van der Waals surface area contributed by atoms with Gasteiger partial charge in [0, 0.05) is 13.1 Å². The SMILES string of the molecule is Cn1ncc(C2CCCC2)c1C1CCCN1. The summed E-state index contributed by atoms with van der Waals surface area (Å²) >= 11 is 0. The van der Waals surface area contributed by atoms with Gasteiger partial charge in [0.1, 0.15) is 0 Å². The van der Waals surface area contributed by atoms with E-state index < -0.39 is 0 Å². The van der Waals surface area contributed by atoms with Gasteiger partial charge in [-0.25, -0.2) is 0 Å². The van der Waals surface area contributed by atoms with Gasteiger partial charge in [-0.05, 0) is 43.7 Å². The van der Waals surface area contributed by atoms with Gasteiger partial charge >= 0.3 is 0 Å². The fourth-order valence-corrected chi connectivity index (χ4v) is 3.36. The maximum absolute atomic E-state index is 4.48. The minimum Gasteiger partial charge on any atom is -0.309 e. The van der Waals surface area contributed by atoms with Crippen molar-refractivity contribution in [3.05, 3.63) is 17.5 Å². The summed E-state index contributed by atoms with van der Waals surface area (Å²) in [6.45, 7) is 1.17. The lowest BCUT2D eigenvalue weighted by Crippen LogP contribution is -2.18. The van der Waals surface area contributed by atoms with Crippen LogP contribution in [0.5, 0.6) is 0 Å². The molecule has 2 heterocycles. The van der Waals surface area contributed by atoms with E-state index >= 15 is 0 Å². The third-order valence-electron chi connectivity index (χ3n) is 4.20. The molecule has 0 spiro atoms. The van der Waals surface area contributed by atoms with E-state index in [-0.39, 0.29) is 0 Å². The molecule has 1 aliphatic carbocycles. The van der Waals surface area contributed by atoms with Gasteiger partial charge in [-0.15, -0.1) is 0 Å². The van der Waals surface area contributed by atoms with Crippen LogP contribution in [0.3, 0.4) is 0 Å². The van der Waals surface area contributed by atoms with E-state index in [0.29, 0.717) is 6.04 Å². The van der Waals surface area contributed by atoms with Gasteiger partial charge in [0.05, 0.1) is 11.9 Å². The Morgan fingerprint density at radius 1 is 1.25 bits per heavy atom. The van der Waals surface area contributed by atoms with E-state index in [2.05, 4.69) is 28.3 Å². The molecule has 1 N–H and O–H groups in total. The van der Waals surface area contributed by atoms with Crippen LogP contribution in [0, 0.1) is 0 Å². The van der Waals surface area contributed by atoms with Crippen molar-refractivity contribution in [1.29, 1.82) is 0 Å². The molecular formula is C13H21N3. The number of aryl methyl sites for hydroxylation is 1. The van der Waals surface area contributed by atoms with Crippen LogP contribution in [-0.2, 0) is 7.05 Å². The summed E-state index contributed by atoms with van der Waals surface area (Å²) in [5.74, 6) is 0.783. The lowest BCUT2D eigenvalue weighted by atomic mass is 9.95. The fraction of sp³-hybridized carbons (Fsp3) is 0.769.